The molecule has 2 aromatic carbocycles. The molecule has 0 radical (unpaired) electrons. The van der Waals surface area contributed by atoms with Crippen molar-refractivity contribution < 1.29 is 0 Å². The van der Waals surface area contributed by atoms with Crippen molar-refractivity contribution in [2.75, 3.05) is 0 Å². The molecule has 3 rings (SSSR count). The Labute approximate surface area is 119 Å². The monoisotopic (exact) mass is 271 g/mol. The quantitative estimate of drug-likeness (QED) is 0.859. The number of aryl methyl sites for hydroxylation is 1. The molecule has 0 bridgehead atoms. The number of halogens is 1. The van der Waals surface area contributed by atoms with E-state index < -0.39 is 0 Å². The van der Waals surface area contributed by atoms with E-state index in [0.29, 0.717) is 0 Å². The maximum Gasteiger partial charge on any atom is 0.0412 e. The van der Waals surface area contributed by atoms with Crippen LogP contribution in [0.15, 0.2) is 42.5 Å². The fraction of sp³-hybridized carbons (Fsp3) is 0.294. The van der Waals surface area contributed by atoms with Gasteiger partial charge in [-0.1, -0.05) is 41.9 Å². The van der Waals surface area contributed by atoms with Crippen LogP contribution in [-0.2, 0) is 6.54 Å². The van der Waals surface area contributed by atoms with E-state index in [-0.39, 0.29) is 0 Å². The second-order valence-corrected chi connectivity index (χ2v) is 5.75. The van der Waals surface area contributed by atoms with Crippen LogP contribution < -0.4 is 5.32 Å². The number of hydrogen-bond acceptors (Lipinski definition) is 1. The summed E-state index contributed by atoms with van der Waals surface area (Å²) in [5, 5.41) is 4.34. The van der Waals surface area contributed by atoms with Crippen LogP contribution in [0.1, 0.15) is 24.0 Å². The van der Waals surface area contributed by atoms with E-state index in [1.807, 2.05) is 18.2 Å². The van der Waals surface area contributed by atoms with E-state index in [2.05, 4.69) is 36.5 Å². The van der Waals surface area contributed by atoms with Crippen LogP contribution in [0.5, 0.6) is 0 Å². The average Bonchev–Trinajstić information content (AvgIpc) is 3.20. The molecule has 2 heteroatoms. The van der Waals surface area contributed by atoms with Crippen LogP contribution in [0.2, 0.25) is 5.02 Å². The van der Waals surface area contributed by atoms with Crippen LogP contribution >= 0.6 is 11.6 Å². The zero-order chi connectivity index (χ0) is 13.2. The van der Waals surface area contributed by atoms with Gasteiger partial charge in [-0.05, 0) is 54.2 Å². The summed E-state index contributed by atoms with van der Waals surface area (Å²) in [6.45, 7) is 3.14. The van der Waals surface area contributed by atoms with Crippen molar-refractivity contribution in [2.24, 2.45) is 0 Å². The average molecular weight is 272 g/mol. The van der Waals surface area contributed by atoms with Gasteiger partial charge < -0.3 is 5.32 Å². The fourth-order valence-corrected chi connectivity index (χ4v) is 2.56. The van der Waals surface area contributed by atoms with Crippen molar-refractivity contribution in [3.8, 4) is 11.1 Å². The predicted octanol–water partition coefficient (Wildman–Crippen LogP) is 4.57. The summed E-state index contributed by atoms with van der Waals surface area (Å²) in [7, 11) is 0. The molecule has 2 aromatic rings. The Bertz CT molecular complexity index is 588. The lowest BCUT2D eigenvalue weighted by atomic mass is 9.98. The molecule has 1 nitrogen and oxygen atoms in total. The number of nitrogens with one attached hydrogen (secondary N) is 1. The molecule has 1 N–H and O–H groups in total. The summed E-state index contributed by atoms with van der Waals surface area (Å²) in [5.41, 5.74) is 5.11. The summed E-state index contributed by atoms with van der Waals surface area (Å²) in [4.78, 5) is 0. The summed E-state index contributed by atoms with van der Waals surface area (Å²) >= 11 is 6.06. The number of benzene rings is 2. The van der Waals surface area contributed by atoms with Gasteiger partial charge in [0.1, 0.15) is 0 Å². The van der Waals surface area contributed by atoms with E-state index in [0.717, 1.165) is 17.6 Å². The van der Waals surface area contributed by atoms with Crippen LogP contribution in [0.4, 0.5) is 0 Å². The maximum absolute atomic E-state index is 6.06. The zero-order valence-electron chi connectivity index (χ0n) is 11.1. The van der Waals surface area contributed by atoms with Gasteiger partial charge in [0.05, 0.1) is 0 Å². The molecule has 1 fully saturated rings. The Balaban J connectivity index is 1.82. The van der Waals surface area contributed by atoms with E-state index >= 15 is 0 Å². The van der Waals surface area contributed by atoms with Crippen molar-refractivity contribution in [3.05, 3.63) is 58.6 Å². The van der Waals surface area contributed by atoms with Crippen LogP contribution in [0.25, 0.3) is 11.1 Å². The minimum Gasteiger partial charge on any atom is -0.310 e. The van der Waals surface area contributed by atoms with E-state index in [1.165, 1.54) is 35.1 Å². The first kappa shape index (κ1) is 12.7. The highest BCUT2D eigenvalue weighted by atomic mass is 35.5. The van der Waals surface area contributed by atoms with Crippen LogP contribution in [0.3, 0.4) is 0 Å². The molecule has 0 aromatic heterocycles. The first-order valence-electron chi connectivity index (χ1n) is 6.81. The highest BCUT2D eigenvalue weighted by molar-refractivity contribution is 6.30. The molecule has 0 atom stereocenters. The van der Waals surface area contributed by atoms with Gasteiger partial charge >= 0.3 is 0 Å². The summed E-state index contributed by atoms with van der Waals surface area (Å²) in [5.74, 6) is 0. The molecule has 0 unspecified atom stereocenters. The highest BCUT2D eigenvalue weighted by Crippen LogP contribution is 2.27. The van der Waals surface area contributed by atoms with Crippen molar-refractivity contribution in [3.63, 3.8) is 0 Å². The van der Waals surface area contributed by atoms with Gasteiger partial charge in [-0.3, -0.25) is 0 Å². The van der Waals surface area contributed by atoms with Crippen LogP contribution in [-0.4, -0.2) is 6.04 Å². The molecule has 0 aliphatic heterocycles. The first-order chi connectivity index (χ1) is 9.22. The van der Waals surface area contributed by atoms with Gasteiger partial charge in [-0.15, -0.1) is 0 Å². The Morgan fingerprint density at radius 3 is 2.68 bits per heavy atom. The third-order valence-corrected chi connectivity index (χ3v) is 3.83. The standard InChI is InChI=1S/C17H18ClN/c1-12-9-13(11-19-16-6-7-16)5-8-17(12)14-3-2-4-15(18)10-14/h2-5,8-10,16,19H,6-7,11H2,1H3. The van der Waals surface area contributed by atoms with Gasteiger partial charge in [0.25, 0.3) is 0 Å². The smallest absolute Gasteiger partial charge is 0.0412 e. The van der Waals surface area contributed by atoms with Crippen LogP contribution in [0, 0.1) is 6.92 Å². The summed E-state index contributed by atoms with van der Waals surface area (Å²) in [6, 6.07) is 15.5. The molecule has 1 aliphatic carbocycles. The van der Waals surface area contributed by atoms with E-state index in [9.17, 15) is 0 Å². The first-order valence-corrected chi connectivity index (χ1v) is 7.19. The SMILES string of the molecule is Cc1cc(CNC2CC2)ccc1-c1cccc(Cl)c1. The Hall–Kier alpha value is -1.31. The van der Waals surface area contributed by atoms with Gasteiger partial charge in [-0.25, -0.2) is 0 Å². The Kier molecular flexibility index (Phi) is 3.58. The molecule has 98 valence electrons. The lowest BCUT2D eigenvalue weighted by Crippen LogP contribution is -2.15. The Morgan fingerprint density at radius 2 is 2.00 bits per heavy atom. The third-order valence-electron chi connectivity index (χ3n) is 3.60. The van der Waals surface area contributed by atoms with Crippen molar-refractivity contribution in [1.82, 2.24) is 5.32 Å². The van der Waals surface area contributed by atoms with Crippen molar-refractivity contribution >= 4 is 11.6 Å². The molecule has 0 saturated heterocycles. The summed E-state index contributed by atoms with van der Waals surface area (Å²) in [6.07, 6.45) is 2.67. The molecular formula is C17H18ClN. The minimum absolute atomic E-state index is 0.757. The molecule has 1 aliphatic rings. The summed E-state index contributed by atoms with van der Waals surface area (Å²) < 4.78 is 0. The Morgan fingerprint density at radius 1 is 1.16 bits per heavy atom. The molecule has 0 spiro atoms. The van der Waals surface area contributed by atoms with Gasteiger partial charge in [-0.2, -0.15) is 0 Å². The largest absolute Gasteiger partial charge is 0.310 e. The maximum atomic E-state index is 6.06. The van der Waals surface area contributed by atoms with Gasteiger partial charge in [0, 0.05) is 17.6 Å². The molecule has 0 heterocycles. The molecule has 0 amide bonds. The zero-order valence-corrected chi connectivity index (χ0v) is 11.9. The number of rotatable bonds is 4. The van der Waals surface area contributed by atoms with Crippen molar-refractivity contribution in [2.45, 2.75) is 32.4 Å². The molecule has 1 saturated carbocycles. The second-order valence-electron chi connectivity index (χ2n) is 5.31. The minimum atomic E-state index is 0.757. The van der Waals surface area contributed by atoms with Gasteiger partial charge in [0.2, 0.25) is 0 Å². The third kappa shape index (κ3) is 3.17. The highest BCUT2D eigenvalue weighted by Gasteiger charge is 2.19. The normalized spacial score (nSPS) is 14.6. The van der Waals surface area contributed by atoms with E-state index in [4.69, 9.17) is 11.6 Å². The number of hydrogen-bond donors (Lipinski definition) is 1. The topological polar surface area (TPSA) is 12.0 Å². The lowest BCUT2D eigenvalue weighted by molar-refractivity contribution is 0.687. The van der Waals surface area contributed by atoms with Crippen molar-refractivity contribution in [1.29, 1.82) is 0 Å². The lowest BCUT2D eigenvalue weighted by Gasteiger charge is -2.10. The van der Waals surface area contributed by atoms with E-state index in [1.54, 1.807) is 0 Å². The van der Waals surface area contributed by atoms with Gasteiger partial charge in [0.15, 0.2) is 0 Å². The fourth-order valence-electron chi connectivity index (χ4n) is 2.37. The molecular weight excluding hydrogens is 254 g/mol. The molecule has 19 heavy (non-hydrogen) atoms. The second kappa shape index (κ2) is 5.36. The predicted molar refractivity (Wildman–Crippen MR) is 81.5 cm³/mol.